The Morgan fingerprint density at radius 2 is 0.831 bits per heavy atom. The molecule has 6 nitrogen and oxygen atoms in total. The van der Waals surface area contributed by atoms with Crippen LogP contribution in [0.4, 0.5) is 0 Å². The van der Waals surface area contributed by atoms with Crippen LogP contribution in [-0.2, 0) is 14.3 Å². The Bertz CT molecular complexity index is 1330. The van der Waals surface area contributed by atoms with Gasteiger partial charge in [0, 0.05) is 6.42 Å². The summed E-state index contributed by atoms with van der Waals surface area (Å²) in [7, 11) is 0. The first-order chi connectivity index (χ1) is 32.0. The monoisotopic (exact) mass is 902 g/mol. The smallest absolute Gasteiger partial charge is 0.306 e. The molecular weight excluding hydrogens is 803 g/mol. The van der Waals surface area contributed by atoms with Crippen molar-refractivity contribution in [1.82, 2.24) is 5.32 Å². The largest absolute Gasteiger partial charge is 0.462 e. The maximum atomic E-state index is 13.2. The third kappa shape index (κ3) is 46.8. The summed E-state index contributed by atoms with van der Waals surface area (Å²) in [6.45, 7) is 6.19. The highest BCUT2D eigenvalue weighted by Crippen LogP contribution is 2.18. The SMILES string of the molecule is CC\C=C/C=C/C=C/C=C\C=C\C=C\CCCCCC(=O)OC(CCCCCCC/C=C/C=C/C=C/CC)CC(=O)NC(CO)C(O)CCCCCCCCCCCCCCCCCC. The van der Waals surface area contributed by atoms with Gasteiger partial charge in [-0.25, -0.2) is 0 Å². The van der Waals surface area contributed by atoms with E-state index >= 15 is 0 Å². The normalized spacial score (nSPS) is 14.1. The van der Waals surface area contributed by atoms with Crippen LogP contribution in [0.1, 0.15) is 226 Å². The van der Waals surface area contributed by atoms with E-state index in [-0.39, 0.29) is 24.9 Å². The highest BCUT2D eigenvalue weighted by atomic mass is 16.5. The van der Waals surface area contributed by atoms with E-state index in [1.54, 1.807) is 0 Å². The lowest BCUT2D eigenvalue weighted by molar-refractivity contribution is -0.151. The van der Waals surface area contributed by atoms with E-state index in [1.807, 2.05) is 54.7 Å². The minimum atomic E-state index is -0.809. The van der Waals surface area contributed by atoms with Crippen LogP contribution in [0.5, 0.6) is 0 Å². The molecule has 0 aliphatic carbocycles. The van der Waals surface area contributed by atoms with Crippen LogP contribution >= 0.6 is 0 Å². The number of hydrogen-bond acceptors (Lipinski definition) is 5. The zero-order chi connectivity index (χ0) is 47.4. The van der Waals surface area contributed by atoms with Crippen LogP contribution in [-0.4, -0.2) is 46.9 Å². The van der Waals surface area contributed by atoms with Gasteiger partial charge in [-0.3, -0.25) is 9.59 Å². The number of aliphatic hydroxyl groups excluding tert-OH is 2. The molecule has 0 aromatic heterocycles. The first kappa shape index (κ1) is 61.5. The molecule has 3 N–H and O–H groups in total. The lowest BCUT2D eigenvalue weighted by Gasteiger charge is -2.24. The zero-order valence-electron chi connectivity index (χ0n) is 42.1. The summed E-state index contributed by atoms with van der Waals surface area (Å²) in [5, 5.41) is 23.8. The van der Waals surface area contributed by atoms with Gasteiger partial charge in [0.1, 0.15) is 6.10 Å². The molecule has 0 rings (SSSR count). The van der Waals surface area contributed by atoms with E-state index in [4.69, 9.17) is 4.74 Å². The van der Waals surface area contributed by atoms with E-state index in [9.17, 15) is 19.8 Å². The fourth-order valence-electron chi connectivity index (χ4n) is 7.58. The van der Waals surface area contributed by atoms with Crippen molar-refractivity contribution >= 4 is 11.9 Å². The number of rotatable bonds is 46. The van der Waals surface area contributed by atoms with Crippen LogP contribution in [0, 0.1) is 0 Å². The lowest BCUT2D eigenvalue weighted by Crippen LogP contribution is -2.46. The summed E-state index contributed by atoms with van der Waals surface area (Å²) in [5.74, 6) is -0.553. The second-order valence-corrected chi connectivity index (χ2v) is 17.7. The third-order valence-corrected chi connectivity index (χ3v) is 11.6. The maximum absolute atomic E-state index is 13.2. The minimum absolute atomic E-state index is 0.0389. The minimum Gasteiger partial charge on any atom is -0.462 e. The number of allylic oxidation sites excluding steroid dienone is 18. The molecule has 6 heteroatoms. The number of esters is 1. The Labute approximate surface area is 400 Å². The molecule has 0 fully saturated rings. The van der Waals surface area contributed by atoms with E-state index in [1.165, 1.54) is 83.5 Å². The van der Waals surface area contributed by atoms with Crippen molar-refractivity contribution < 1.29 is 24.5 Å². The molecule has 3 unspecified atom stereocenters. The molecule has 65 heavy (non-hydrogen) atoms. The molecule has 0 saturated carbocycles. The average molecular weight is 902 g/mol. The molecule has 0 bridgehead atoms. The number of carbonyl (C=O) groups is 2. The van der Waals surface area contributed by atoms with Gasteiger partial charge < -0.3 is 20.3 Å². The first-order valence-corrected chi connectivity index (χ1v) is 26.7. The maximum Gasteiger partial charge on any atom is 0.306 e. The summed E-state index contributed by atoms with van der Waals surface area (Å²) < 4.78 is 5.91. The van der Waals surface area contributed by atoms with Crippen molar-refractivity contribution in [2.24, 2.45) is 0 Å². The van der Waals surface area contributed by atoms with Gasteiger partial charge in [-0.2, -0.15) is 0 Å². The molecule has 0 aliphatic heterocycles. The van der Waals surface area contributed by atoms with Crippen molar-refractivity contribution in [1.29, 1.82) is 0 Å². The predicted octanol–water partition coefficient (Wildman–Crippen LogP) is 16.3. The quantitative estimate of drug-likeness (QED) is 0.0321. The number of hydrogen-bond donors (Lipinski definition) is 3. The van der Waals surface area contributed by atoms with Crippen molar-refractivity contribution in [2.45, 2.75) is 244 Å². The summed E-state index contributed by atoms with van der Waals surface area (Å²) in [6.07, 6.45) is 70.0. The number of aliphatic hydroxyl groups is 2. The fraction of sp³-hybridized carbons (Fsp3) is 0.661. The highest BCUT2D eigenvalue weighted by Gasteiger charge is 2.24. The molecule has 0 aromatic rings. The molecule has 0 aromatic carbocycles. The van der Waals surface area contributed by atoms with Gasteiger partial charge in [0.15, 0.2) is 0 Å². The summed E-state index contributed by atoms with van der Waals surface area (Å²) in [5.41, 5.74) is 0. The second kappa shape index (κ2) is 51.5. The van der Waals surface area contributed by atoms with Crippen LogP contribution in [0.15, 0.2) is 109 Å². The Balaban J connectivity index is 4.67. The van der Waals surface area contributed by atoms with Crippen molar-refractivity contribution in [2.75, 3.05) is 6.61 Å². The summed E-state index contributed by atoms with van der Waals surface area (Å²) in [6, 6.07) is -0.726. The number of nitrogens with one attached hydrogen (secondary N) is 1. The third-order valence-electron chi connectivity index (χ3n) is 11.6. The number of amides is 1. The van der Waals surface area contributed by atoms with Crippen molar-refractivity contribution in [3.63, 3.8) is 0 Å². The van der Waals surface area contributed by atoms with E-state index in [0.717, 1.165) is 96.3 Å². The molecule has 1 amide bonds. The van der Waals surface area contributed by atoms with Gasteiger partial charge in [0.05, 0.1) is 25.2 Å². The van der Waals surface area contributed by atoms with Crippen LogP contribution in [0.25, 0.3) is 0 Å². The van der Waals surface area contributed by atoms with Gasteiger partial charge in [-0.1, -0.05) is 259 Å². The molecule has 0 aliphatic rings. The summed E-state index contributed by atoms with van der Waals surface area (Å²) in [4.78, 5) is 26.2. The van der Waals surface area contributed by atoms with Crippen LogP contribution in [0.3, 0.4) is 0 Å². The Morgan fingerprint density at radius 1 is 0.462 bits per heavy atom. The Hall–Kier alpha value is -3.48. The van der Waals surface area contributed by atoms with Gasteiger partial charge in [-0.05, 0) is 64.2 Å². The molecule has 0 spiro atoms. The van der Waals surface area contributed by atoms with Gasteiger partial charge in [0.25, 0.3) is 0 Å². The van der Waals surface area contributed by atoms with E-state index < -0.39 is 18.2 Å². The van der Waals surface area contributed by atoms with Crippen LogP contribution < -0.4 is 5.32 Å². The highest BCUT2D eigenvalue weighted by molar-refractivity contribution is 5.77. The molecule has 0 heterocycles. The van der Waals surface area contributed by atoms with Gasteiger partial charge >= 0.3 is 5.97 Å². The second-order valence-electron chi connectivity index (χ2n) is 17.7. The Kier molecular flexibility index (Phi) is 48.7. The number of carbonyl (C=O) groups excluding carboxylic acids is 2. The number of unbranched alkanes of at least 4 members (excludes halogenated alkanes) is 23. The lowest BCUT2D eigenvalue weighted by atomic mass is 10.0. The molecule has 3 atom stereocenters. The van der Waals surface area contributed by atoms with Crippen molar-refractivity contribution in [3.8, 4) is 0 Å². The molecule has 0 saturated heterocycles. The topological polar surface area (TPSA) is 95.9 Å². The Morgan fingerprint density at radius 3 is 1.26 bits per heavy atom. The predicted molar refractivity (Wildman–Crippen MR) is 282 cm³/mol. The van der Waals surface area contributed by atoms with Gasteiger partial charge in [0.2, 0.25) is 5.91 Å². The standard InChI is InChI=1S/C59H99NO5/c1-4-7-10-13-16-19-22-25-27-29-31-34-37-40-43-46-49-52-59(64)65-55(50-47-44-41-38-35-32-24-21-18-15-12-9-6-3)53-58(63)60-56(54-61)57(62)51-48-45-42-39-36-33-30-28-26-23-20-17-14-11-8-5-2/h7,9-10,12-13,15-16,18-19,21-22,24-25,27,29,31,34,37,55-57,61-62H,4-6,8,11,14,17,20,23,26,28,30,32-33,35-36,38-54H2,1-3H3,(H,60,63)/b10-7-,12-9+,16-13+,18-15+,22-19+,24-21+,27-25-,31-29+,37-34+. The number of ether oxygens (including phenoxy) is 1. The molecule has 0 radical (unpaired) electrons. The van der Waals surface area contributed by atoms with E-state index in [2.05, 4.69) is 80.8 Å². The van der Waals surface area contributed by atoms with Crippen molar-refractivity contribution in [3.05, 3.63) is 109 Å². The summed E-state index contributed by atoms with van der Waals surface area (Å²) >= 11 is 0. The molecule has 370 valence electrons. The zero-order valence-corrected chi connectivity index (χ0v) is 42.1. The fourth-order valence-corrected chi connectivity index (χ4v) is 7.58. The average Bonchev–Trinajstić information content (AvgIpc) is 3.30. The van der Waals surface area contributed by atoms with Gasteiger partial charge in [-0.15, -0.1) is 0 Å². The first-order valence-electron chi connectivity index (χ1n) is 26.7. The van der Waals surface area contributed by atoms with Crippen LogP contribution in [0.2, 0.25) is 0 Å². The molecular formula is C59H99NO5. The van der Waals surface area contributed by atoms with E-state index in [0.29, 0.717) is 19.3 Å².